The molecule has 0 spiro atoms. The summed E-state index contributed by atoms with van der Waals surface area (Å²) < 4.78 is 26.3. The zero-order chi connectivity index (χ0) is 26.0. The van der Waals surface area contributed by atoms with Gasteiger partial charge in [0.1, 0.15) is 0 Å². The number of para-hydroxylation sites is 2. The number of benzene rings is 3. The fraction of sp³-hybridized carbons (Fsp3) is 0.214. The Kier molecular flexibility index (Phi) is 6.82. The van der Waals surface area contributed by atoms with E-state index < -0.39 is 9.84 Å². The van der Waals surface area contributed by atoms with Crippen LogP contribution in [0.25, 0.3) is 10.9 Å². The molecule has 0 bridgehead atoms. The number of carbonyl (C=O) groups is 1. The van der Waals surface area contributed by atoms with Crippen molar-refractivity contribution in [2.75, 3.05) is 26.2 Å². The van der Waals surface area contributed by atoms with Crippen molar-refractivity contribution in [3.63, 3.8) is 0 Å². The first-order chi connectivity index (χ1) is 17.8. The molecule has 37 heavy (non-hydrogen) atoms. The third-order valence-corrected chi connectivity index (χ3v) is 8.35. The number of pyridine rings is 1. The molecule has 3 aromatic carbocycles. The van der Waals surface area contributed by atoms with Crippen LogP contribution in [0.2, 0.25) is 0 Å². The van der Waals surface area contributed by atoms with Gasteiger partial charge in [0.2, 0.25) is 0 Å². The molecule has 2 heterocycles. The maximum Gasteiger partial charge on any atom is 0.253 e. The summed E-state index contributed by atoms with van der Waals surface area (Å²) in [6, 6.07) is 20.3. The van der Waals surface area contributed by atoms with E-state index in [1.54, 1.807) is 65.7 Å². The highest BCUT2D eigenvalue weighted by atomic mass is 32.2. The topological polar surface area (TPSA) is 111 Å². The Balaban J connectivity index is 1.22. The largest absolute Gasteiger partial charge is 0.504 e. The molecule has 0 radical (unpaired) electrons. The van der Waals surface area contributed by atoms with Crippen LogP contribution in [0.15, 0.2) is 83.9 Å². The molecular formula is C28H27N3O5S. The second-order valence-corrected chi connectivity index (χ2v) is 11.1. The molecular weight excluding hydrogens is 490 g/mol. The average molecular weight is 518 g/mol. The molecule has 1 fully saturated rings. The molecule has 0 saturated carbocycles. The Hall–Kier alpha value is -3.95. The van der Waals surface area contributed by atoms with Gasteiger partial charge in [0.25, 0.3) is 5.91 Å². The van der Waals surface area contributed by atoms with Crippen molar-refractivity contribution in [1.82, 2.24) is 14.8 Å². The summed E-state index contributed by atoms with van der Waals surface area (Å²) in [4.78, 5) is 21.4. The van der Waals surface area contributed by atoms with Gasteiger partial charge in [-0.25, -0.2) is 8.42 Å². The normalized spacial score (nSPS) is 14.6. The number of amides is 1. The molecule has 1 aromatic heterocycles. The first kappa shape index (κ1) is 24.7. The SMILES string of the molecule is O=C(c1ccc(CS(=O)(=O)c2cccc3cccnc23)cc1)N1CCN(Cc2cccc(O)c2O)CC1. The molecule has 190 valence electrons. The smallest absolute Gasteiger partial charge is 0.253 e. The van der Waals surface area contributed by atoms with E-state index in [0.29, 0.717) is 54.9 Å². The van der Waals surface area contributed by atoms with E-state index in [0.717, 1.165) is 5.39 Å². The second-order valence-electron chi connectivity index (χ2n) is 9.14. The average Bonchev–Trinajstić information content (AvgIpc) is 2.91. The third kappa shape index (κ3) is 5.28. The molecule has 1 aliphatic rings. The lowest BCUT2D eigenvalue weighted by atomic mass is 10.1. The number of aromatic hydroxyl groups is 2. The maximum absolute atomic E-state index is 13.1. The first-order valence-corrected chi connectivity index (χ1v) is 13.6. The Bertz CT molecular complexity index is 1540. The van der Waals surface area contributed by atoms with Crippen LogP contribution in [-0.2, 0) is 22.1 Å². The maximum atomic E-state index is 13.1. The number of nitrogens with zero attached hydrogens (tertiary/aromatic N) is 3. The van der Waals surface area contributed by atoms with E-state index in [2.05, 4.69) is 9.88 Å². The summed E-state index contributed by atoms with van der Waals surface area (Å²) in [7, 11) is -3.63. The van der Waals surface area contributed by atoms with Gasteiger partial charge in [-0.3, -0.25) is 14.7 Å². The lowest BCUT2D eigenvalue weighted by Gasteiger charge is -2.35. The van der Waals surface area contributed by atoms with Gasteiger partial charge in [-0.05, 0) is 35.9 Å². The minimum atomic E-state index is -3.63. The minimum Gasteiger partial charge on any atom is -0.504 e. The van der Waals surface area contributed by atoms with Crippen LogP contribution >= 0.6 is 0 Å². The Morgan fingerprint density at radius 1 is 0.865 bits per heavy atom. The number of hydrogen-bond donors (Lipinski definition) is 2. The Morgan fingerprint density at radius 3 is 2.32 bits per heavy atom. The van der Waals surface area contributed by atoms with Crippen molar-refractivity contribution >= 4 is 26.6 Å². The summed E-state index contributed by atoms with van der Waals surface area (Å²) >= 11 is 0. The number of sulfone groups is 1. The van der Waals surface area contributed by atoms with E-state index in [-0.39, 0.29) is 28.1 Å². The number of phenolic OH excluding ortho intramolecular Hbond substituents is 2. The predicted molar refractivity (Wildman–Crippen MR) is 140 cm³/mol. The van der Waals surface area contributed by atoms with Crippen LogP contribution in [0.3, 0.4) is 0 Å². The fourth-order valence-corrected chi connectivity index (χ4v) is 6.14. The number of aromatic nitrogens is 1. The third-order valence-electron chi connectivity index (χ3n) is 6.64. The van der Waals surface area contributed by atoms with Crippen LogP contribution < -0.4 is 0 Å². The molecule has 0 unspecified atom stereocenters. The number of fused-ring (bicyclic) bond motifs is 1. The van der Waals surface area contributed by atoms with Crippen molar-refractivity contribution in [3.8, 4) is 11.5 Å². The van der Waals surface area contributed by atoms with E-state index in [4.69, 9.17) is 0 Å². The highest BCUT2D eigenvalue weighted by Gasteiger charge is 2.24. The lowest BCUT2D eigenvalue weighted by molar-refractivity contribution is 0.0627. The number of rotatable bonds is 6. The summed E-state index contributed by atoms with van der Waals surface area (Å²) in [6.45, 7) is 2.81. The second kappa shape index (κ2) is 10.2. The van der Waals surface area contributed by atoms with E-state index in [1.165, 1.54) is 6.07 Å². The monoisotopic (exact) mass is 517 g/mol. The van der Waals surface area contributed by atoms with Gasteiger partial charge in [-0.1, -0.05) is 42.5 Å². The highest BCUT2D eigenvalue weighted by molar-refractivity contribution is 7.90. The Labute approximate surface area is 215 Å². The first-order valence-electron chi connectivity index (χ1n) is 12.0. The van der Waals surface area contributed by atoms with Crippen molar-refractivity contribution in [2.45, 2.75) is 17.2 Å². The highest BCUT2D eigenvalue weighted by Crippen LogP contribution is 2.29. The zero-order valence-corrected chi connectivity index (χ0v) is 20.9. The molecule has 4 aromatic rings. The molecule has 1 aliphatic heterocycles. The van der Waals surface area contributed by atoms with Crippen LogP contribution in [0.4, 0.5) is 0 Å². The van der Waals surface area contributed by atoms with E-state index >= 15 is 0 Å². The van der Waals surface area contributed by atoms with Crippen molar-refractivity contribution in [3.05, 3.63) is 95.7 Å². The molecule has 1 saturated heterocycles. The molecule has 2 N–H and O–H groups in total. The summed E-state index contributed by atoms with van der Waals surface area (Å²) in [6.07, 6.45) is 1.58. The molecule has 0 aliphatic carbocycles. The van der Waals surface area contributed by atoms with E-state index in [9.17, 15) is 23.4 Å². The standard InChI is InChI=1S/C28H27N3O5S/c32-24-7-1-5-23(27(24)33)18-30-14-16-31(17-15-30)28(34)22-11-9-20(10-12-22)19-37(35,36)25-8-2-4-21-6-3-13-29-26(21)25/h1-13,32-33H,14-19H2. The van der Waals surface area contributed by atoms with Crippen molar-refractivity contribution in [1.29, 1.82) is 0 Å². The summed E-state index contributed by atoms with van der Waals surface area (Å²) in [5.41, 5.74) is 2.20. The Morgan fingerprint density at radius 2 is 1.57 bits per heavy atom. The van der Waals surface area contributed by atoms with Crippen LogP contribution in [0.1, 0.15) is 21.5 Å². The van der Waals surface area contributed by atoms with Crippen molar-refractivity contribution in [2.24, 2.45) is 0 Å². The van der Waals surface area contributed by atoms with Gasteiger partial charge in [0.15, 0.2) is 21.3 Å². The molecule has 1 amide bonds. The number of piperazine rings is 1. The quantitative estimate of drug-likeness (QED) is 0.376. The van der Waals surface area contributed by atoms with Crippen LogP contribution in [0, 0.1) is 0 Å². The predicted octanol–water partition coefficient (Wildman–Crippen LogP) is 3.58. The molecule has 9 heteroatoms. The van der Waals surface area contributed by atoms with Crippen molar-refractivity contribution < 1.29 is 23.4 Å². The van der Waals surface area contributed by atoms with E-state index in [1.807, 2.05) is 12.1 Å². The van der Waals surface area contributed by atoms with Gasteiger partial charge in [-0.15, -0.1) is 0 Å². The van der Waals surface area contributed by atoms with Gasteiger partial charge >= 0.3 is 0 Å². The number of hydrogen-bond acceptors (Lipinski definition) is 7. The zero-order valence-electron chi connectivity index (χ0n) is 20.1. The van der Waals surface area contributed by atoms with Gasteiger partial charge in [-0.2, -0.15) is 0 Å². The minimum absolute atomic E-state index is 0.104. The lowest BCUT2D eigenvalue weighted by Crippen LogP contribution is -2.48. The van der Waals surface area contributed by atoms with Crippen LogP contribution in [0.5, 0.6) is 11.5 Å². The van der Waals surface area contributed by atoms with Gasteiger partial charge in [0.05, 0.1) is 16.2 Å². The van der Waals surface area contributed by atoms with Gasteiger partial charge in [0, 0.05) is 55.4 Å². The number of phenols is 2. The molecule has 0 atom stereocenters. The molecule has 8 nitrogen and oxygen atoms in total. The fourth-order valence-electron chi connectivity index (χ4n) is 4.61. The molecule has 5 rings (SSSR count). The summed E-state index contributed by atoms with van der Waals surface area (Å²) in [5.74, 6) is -0.541. The van der Waals surface area contributed by atoms with Crippen LogP contribution in [-0.4, -0.2) is 65.5 Å². The number of carbonyl (C=O) groups excluding carboxylic acids is 1. The summed E-state index contributed by atoms with van der Waals surface area (Å²) in [5, 5.41) is 20.5. The van der Waals surface area contributed by atoms with Gasteiger partial charge < -0.3 is 15.1 Å².